The van der Waals surface area contributed by atoms with Crippen LogP contribution in [0.15, 0.2) is 15.7 Å². The molecule has 4 atom stereocenters. The molecule has 1 N–H and O–H groups in total. The summed E-state index contributed by atoms with van der Waals surface area (Å²) in [7, 11) is -3.20. The molecule has 2 aliphatic carbocycles. The zero-order valence-corrected chi connectivity index (χ0v) is 13.5. The van der Waals surface area contributed by atoms with Gasteiger partial charge in [0.2, 0.25) is 5.91 Å². The van der Waals surface area contributed by atoms with Crippen molar-refractivity contribution in [1.29, 1.82) is 0 Å². The molecule has 0 unspecified atom stereocenters. The lowest BCUT2D eigenvalue weighted by Gasteiger charge is -2.28. The van der Waals surface area contributed by atoms with E-state index in [1.807, 2.05) is 11.4 Å². The maximum atomic E-state index is 12.4. The molecule has 0 aromatic carbocycles. The predicted octanol–water partition coefficient (Wildman–Crippen LogP) is 2.52. The summed E-state index contributed by atoms with van der Waals surface area (Å²) in [5, 5.41) is 4.49. The van der Waals surface area contributed by atoms with Crippen molar-refractivity contribution in [3.63, 3.8) is 0 Å². The molecular weight excluding hydrogens is 306 g/mol. The van der Waals surface area contributed by atoms with Gasteiger partial charge in [0.1, 0.15) is 4.21 Å². The molecule has 1 amide bonds. The topological polar surface area (TPSA) is 63.2 Å². The lowest BCUT2D eigenvalue weighted by atomic mass is 10.0. The van der Waals surface area contributed by atoms with E-state index in [1.54, 1.807) is 6.92 Å². The SMILES string of the molecule is C[C@H]1C[C@H](NC(=O)[C@H]2C[C@@H]2C2CC2)c2ccsc2S1(=O)=O. The Hall–Kier alpha value is -0.880. The van der Waals surface area contributed by atoms with Crippen LogP contribution in [-0.2, 0) is 14.6 Å². The Bertz CT molecular complexity index is 690. The van der Waals surface area contributed by atoms with Gasteiger partial charge >= 0.3 is 0 Å². The number of sulfone groups is 1. The van der Waals surface area contributed by atoms with Gasteiger partial charge in [-0.15, -0.1) is 11.3 Å². The first-order chi connectivity index (χ1) is 9.98. The number of hydrogen-bond donors (Lipinski definition) is 1. The second-order valence-corrected chi connectivity index (χ2v) is 10.1. The molecule has 1 aromatic rings. The van der Waals surface area contributed by atoms with E-state index < -0.39 is 15.1 Å². The van der Waals surface area contributed by atoms with Crippen LogP contribution in [0.4, 0.5) is 0 Å². The fraction of sp³-hybridized carbons (Fsp3) is 0.667. The summed E-state index contributed by atoms with van der Waals surface area (Å²) >= 11 is 1.27. The molecule has 0 saturated heterocycles. The average Bonchev–Trinajstić information content (AvgIpc) is 3.31. The quantitative estimate of drug-likeness (QED) is 0.929. The molecule has 0 bridgehead atoms. The molecule has 2 heterocycles. The van der Waals surface area contributed by atoms with E-state index in [9.17, 15) is 13.2 Å². The number of amides is 1. The zero-order chi connectivity index (χ0) is 14.8. The summed E-state index contributed by atoms with van der Waals surface area (Å²) in [4.78, 5) is 12.4. The molecule has 0 radical (unpaired) electrons. The fourth-order valence-corrected chi connectivity index (χ4v) is 6.77. The maximum Gasteiger partial charge on any atom is 0.223 e. The third-order valence-corrected chi connectivity index (χ3v) is 8.82. The molecule has 2 fully saturated rings. The van der Waals surface area contributed by atoms with Gasteiger partial charge in [-0.1, -0.05) is 0 Å². The Morgan fingerprint density at radius 1 is 1.33 bits per heavy atom. The van der Waals surface area contributed by atoms with Gasteiger partial charge in [0, 0.05) is 11.5 Å². The smallest absolute Gasteiger partial charge is 0.223 e. The number of hydrogen-bond acceptors (Lipinski definition) is 4. The highest BCUT2D eigenvalue weighted by Crippen LogP contribution is 2.54. The highest BCUT2D eigenvalue weighted by molar-refractivity contribution is 7.94. The van der Waals surface area contributed by atoms with Crippen molar-refractivity contribution in [3.05, 3.63) is 17.0 Å². The number of thiophene rings is 1. The highest BCUT2D eigenvalue weighted by atomic mass is 32.2. The van der Waals surface area contributed by atoms with E-state index >= 15 is 0 Å². The molecule has 1 aromatic heterocycles. The van der Waals surface area contributed by atoms with Crippen LogP contribution in [0.5, 0.6) is 0 Å². The number of nitrogens with one attached hydrogen (secondary N) is 1. The molecule has 1 aliphatic heterocycles. The van der Waals surface area contributed by atoms with Gasteiger partial charge in [-0.05, 0) is 55.9 Å². The monoisotopic (exact) mass is 325 g/mol. The molecule has 6 heteroatoms. The third kappa shape index (κ3) is 2.23. The van der Waals surface area contributed by atoms with Gasteiger partial charge in [0.25, 0.3) is 0 Å². The molecule has 2 saturated carbocycles. The molecule has 114 valence electrons. The summed E-state index contributed by atoms with van der Waals surface area (Å²) in [5.74, 6) is 1.67. The van der Waals surface area contributed by atoms with Crippen molar-refractivity contribution in [2.24, 2.45) is 17.8 Å². The van der Waals surface area contributed by atoms with Crippen molar-refractivity contribution < 1.29 is 13.2 Å². The molecule has 4 rings (SSSR count). The normalized spacial score (nSPS) is 36.8. The molecule has 0 spiro atoms. The van der Waals surface area contributed by atoms with Crippen LogP contribution >= 0.6 is 11.3 Å². The van der Waals surface area contributed by atoms with Gasteiger partial charge in [0.15, 0.2) is 9.84 Å². The van der Waals surface area contributed by atoms with Crippen molar-refractivity contribution >= 4 is 27.1 Å². The van der Waals surface area contributed by atoms with Crippen molar-refractivity contribution in [2.75, 3.05) is 0 Å². The van der Waals surface area contributed by atoms with Crippen LogP contribution in [0, 0.1) is 17.8 Å². The van der Waals surface area contributed by atoms with Gasteiger partial charge in [-0.3, -0.25) is 4.79 Å². The largest absolute Gasteiger partial charge is 0.349 e. The second kappa shape index (κ2) is 4.56. The number of carbonyl (C=O) groups is 1. The Labute approximate surface area is 128 Å². The summed E-state index contributed by atoms with van der Waals surface area (Å²) in [6.07, 6.45) is 4.07. The molecular formula is C15H19NO3S2. The highest BCUT2D eigenvalue weighted by Gasteiger charge is 2.51. The van der Waals surface area contributed by atoms with Crippen LogP contribution in [-0.4, -0.2) is 19.6 Å². The average molecular weight is 325 g/mol. The standard InChI is InChI=1S/C15H19NO3S2/c1-8-6-13(10-4-5-20-15(10)21(8,18)19)16-14(17)12-7-11(12)9-2-3-9/h4-5,8-9,11-13H,2-3,6-7H2,1H3,(H,16,17)/t8-,11+,12-,13-/m0/s1. The minimum absolute atomic E-state index is 0.126. The van der Waals surface area contributed by atoms with Gasteiger partial charge in [-0.2, -0.15) is 0 Å². The minimum Gasteiger partial charge on any atom is -0.349 e. The van der Waals surface area contributed by atoms with E-state index in [4.69, 9.17) is 0 Å². The van der Waals surface area contributed by atoms with Crippen molar-refractivity contribution in [1.82, 2.24) is 5.32 Å². The Balaban J connectivity index is 1.52. The fourth-order valence-electron chi connectivity index (χ4n) is 3.54. The van der Waals surface area contributed by atoms with Crippen molar-refractivity contribution in [3.8, 4) is 0 Å². The van der Waals surface area contributed by atoms with Crippen LogP contribution < -0.4 is 5.32 Å². The first-order valence-corrected chi connectivity index (χ1v) is 10.0. The number of fused-ring (bicyclic) bond motifs is 1. The third-order valence-electron chi connectivity index (χ3n) is 5.11. The first-order valence-electron chi connectivity index (χ1n) is 7.60. The van der Waals surface area contributed by atoms with E-state index in [0.29, 0.717) is 16.5 Å². The Morgan fingerprint density at radius 2 is 2.10 bits per heavy atom. The summed E-state index contributed by atoms with van der Waals surface area (Å²) in [5.41, 5.74) is 0.787. The molecule has 4 nitrogen and oxygen atoms in total. The zero-order valence-electron chi connectivity index (χ0n) is 11.9. The van der Waals surface area contributed by atoms with E-state index in [0.717, 1.165) is 17.9 Å². The van der Waals surface area contributed by atoms with Crippen molar-refractivity contribution in [2.45, 2.75) is 48.1 Å². The Morgan fingerprint density at radius 3 is 2.81 bits per heavy atom. The number of carbonyl (C=O) groups excluding carboxylic acids is 1. The van der Waals surface area contributed by atoms with Gasteiger partial charge in [0.05, 0.1) is 11.3 Å². The van der Waals surface area contributed by atoms with E-state index in [-0.39, 0.29) is 17.9 Å². The molecule has 3 aliphatic rings. The maximum absolute atomic E-state index is 12.4. The summed E-state index contributed by atoms with van der Waals surface area (Å²) in [6.45, 7) is 1.74. The number of rotatable bonds is 3. The Kier molecular flexibility index (Phi) is 2.99. The van der Waals surface area contributed by atoms with Gasteiger partial charge < -0.3 is 5.32 Å². The van der Waals surface area contributed by atoms with E-state index in [2.05, 4.69) is 5.32 Å². The minimum atomic E-state index is -3.20. The van der Waals surface area contributed by atoms with E-state index in [1.165, 1.54) is 24.2 Å². The van der Waals surface area contributed by atoms with Crippen LogP contribution in [0.1, 0.15) is 44.2 Å². The molecule has 21 heavy (non-hydrogen) atoms. The lowest BCUT2D eigenvalue weighted by Crippen LogP contribution is -2.37. The summed E-state index contributed by atoms with van der Waals surface area (Å²) in [6, 6.07) is 1.71. The van der Waals surface area contributed by atoms with Crippen LogP contribution in [0.2, 0.25) is 0 Å². The predicted molar refractivity (Wildman–Crippen MR) is 80.8 cm³/mol. The van der Waals surface area contributed by atoms with Gasteiger partial charge in [-0.25, -0.2) is 8.42 Å². The summed E-state index contributed by atoms with van der Waals surface area (Å²) < 4.78 is 25.0. The van der Waals surface area contributed by atoms with Crippen LogP contribution in [0.25, 0.3) is 0 Å². The second-order valence-electron chi connectivity index (χ2n) is 6.66. The first kappa shape index (κ1) is 13.8. The van der Waals surface area contributed by atoms with Crippen LogP contribution in [0.3, 0.4) is 0 Å². The lowest BCUT2D eigenvalue weighted by molar-refractivity contribution is -0.123.